The van der Waals surface area contributed by atoms with Gasteiger partial charge in [-0.05, 0) is 6.07 Å². The lowest BCUT2D eigenvalue weighted by Crippen LogP contribution is -2.04. The fourth-order valence-electron chi connectivity index (χ4n) is 1.25. The standard InChI is InChI=1S/C8H8ClN3O2S/c1-15(13,14)5-8-11-10-7-4-6(9)2-3-12(7)8/h2-4H,5H2,1H3. The molecule has 5 nitrogen and oxygen atoms in total. The summed E-state index contributed by atoms with van der Waals surface area (Å²) >= 11 is 5.76. The number of hydrogen-bond acceptors (Lipinski definition) is 4. The van der Waals surface area contributed by atoms with Crippen LogP contribution in [0.15, 0.2) is 18.3 Å². The molecule has 0 amide bonds. The molecule has 0 saturated heterocycles. The summed E-state index contributed by atoms with van der Waals surface area (Å²) in [7, 11) is -3.10. The first-order valence-electron chi connectivity index (χ1n) is 4.12. The Morgan fingerprint density at radius 1 is 1.47 bits per heavy atom. The molecule has 0 saturated carbocycles. The minimum atomic E-state index is -3.10. The minimum Gasteiger partial charge on any atom is -0.285 e. The third-order valence-corrected chi connectivity index (χ3v) is 2.85. The van der Waals surface area contributed by atoms with Gasteiger partial charge < -0.3 is 0 Å². The van der Waals surface area contributed by atoms with E-state index in [0.717, 1.165) is 6.26 Å². The predicted molar refractivity (Wildman–Crippen MR) is 56.5 cm³/mol. The Bertz CT molecular complexity index is 605. The minimum absolute atomic E-state index is 0.129. The number of halogens is 1. The normalized spacial score (nSPS) is 12.1. The molecule has 0 N–H and O–H groups in total. The monoisotopic (exact) mass is 245 g/mol. The van der Waals surface area contributed by atoms with Gasteiger partial charge in [-0.15, -0.1) is 10.2 Å². The molecular weight excluding hydrogens is 238 g/mol. The van der Waals surface area contributed by atoms with Gasteiger partial charge in [0.05, 0.1) is 0 Å². The van der Waals surface area contributed by atoms with Gasteiger partial charge in [0, 0.05) is 23.5 Å². The number of sulfone groups is 1. The second-order valence-electron chi connectivity index (χ2n) is 3.26. The third-order valence-electron chi connectivity index (χ3n) is 1.83. The smallest absolute Gasteiger partial charge is 0.162 e. The molecule has 0 aliphatic heterocycles. The summed E-state index contributed by atoms with van der Waals surface area (Å²) in [6.07, 6.45) is 2.81. The molecule has 15 heavy (non-hydrogen) atoms. The zero-order valence-corrected chi connectivity index (χ0v) is 9.46. The zero-order chi connectivity index (χ0) is 11.1. The Balaban J connectivity index is 2.55. The van der Waals surface area contributed by atoms with Crippen LogP contribution in [0.1, 0.15) is 5.82 Å². The Morgan fingerprint density at radius 2 is 2.20 bits per heavy atom. The predicted octanol–water partition coefficient (Wildman–Crippen LogP) is 0.927. The Kier molecular flexibility index (Phi) is 2.40. The Hall–Kier alpha value is -1.14. The van der Waals surface area contributed by atoms with E-state index < -0.39 is 9.84 Å². The largest absolute Gasteiger partial charge is 0.285 e. The maximum atomic E-state index is 11.1. The average Bonchev–Trinajstić information content (AvgIpc) is 2.45. The fourth-order valence-corrected chi connectivity index (χ4v) is 2.07. The topological polar surface area (TPSA) is 64.3 Å². The van der Waals surface area contributed by atoms with Crippen LogP contribution >= 0.6 is 11.6 Å². The van der Waals surface area contributed by atoms with Crippen molar-refractivity contribution in [3.8, 4) is 0 Å². The van der Waals surface area contributed by atoms with E-state index in [9.17, 15) is 8.42 Å². The van der Waals surface area contributed by atoms with E-state index >= 15 is 0 Å². The summed E-state index contributed by atoms with van der Waals surface area (Å²) in [5.41, 5.74) is 0.543. The first kappa shape index (κ1) is 10.4. The molecule has 7 heteroatoms. The highest BCUT2D eigenvalue weighted by molar-refractivity contribution is 7.89. The van der Waals surface area contributed by atoms with Gasteiger partial charge in [0.2, 0.25) is 0 Å². The summed E-state index contributed by atoms with van der Waals surface area (Å²) in [4.78, 5) is 0. The van der Waals surface area contributed by atoms with Crippen LogP contribution in [0.5, 0.6) is 0 Å². The van der Waals surface area contributed by atoms with Crippen LogP contribution in [0, 0.1) is 0 Å². The highest BCUT2D eigenvalue weighted by Crippen LogP contribution is 2.12. The third kappa shape index (κ3) is 2.27. The number of pyridine rings is 1. The molecule has 0 aromatic carbocycles. The molecule has 80 valence electrons. The first-order chi connectivity index (χ1) is 6.96. The molecule has 2 aromatic rings. The Morgan fingerprint density at radius 3 is 2.87 bits per heavy atom. The van der Waals surface area contributed by atoms with Crippen molar-refractivity contribution in [2.75, 3.05) is 6.26 Å². The molecule has 0 bridgehead atoms. The van der Waals surface area contributed by atoms with Gasteiger partial charge in [0.1, 0.15) is 5.75 Å². The van der Waals surface area contributed by atoms with Gasteiger partial charge in [-0.2, -0.15) is 0 Å². The molecule has 0 unspecified atom stereocenters. The second-order valence-corrected chi connectivity index (χ2v) is 5.84. The molecule has 2 aromatic heterocycles. The highest BCUT2D eigenvalue weighted by atomic mass is 35.5. The van der Waals surface area contributed by atoms with Crippen LogP contribution in [0.25, 0.3) is 5.65 Å². The van der Waals surface area contributed by atoms with E-state index in [1.807, 2.05) is 0 Å². The van der Waals surface area contributed by atoms with Gasteiger partial charge in [-0.25, -0.2) is 8.42 Å². The van der Waals surface area contributed by atoms with Crippen LogP contribution in [-0.4, -0.2) is 29.3 Å². The summed E-state index contributed by atoms with van der Waals surface area (Å²) in [5, 5.41) is 8.17. The number of fused-ring (bicyclic) bond motifs is 1. The lowest BCUT2D eigenvalue weighted by atomic mass is 10.5. The van der Waals surface area contributed by atoms with E-state index in [1.54, 1.807) is 22.7 Å². The van der Waals surface area contributed by atoms with Gasteiger partial charge in [0.15, 0.2) is 21.3 Å². The lowest BCUT2D eigenvalue weighted by molar-refractivity contribution is 0.599. The van der Waals surface area contributed by atoms with Crippen LogP contribution in [0.2, 0.25) is 5.02 Å². The summed E-state index contributed by atoms with van der Waals surface area (Å²) in [6.45, 7) is 0. The maximum absolute atomic E-state index is 11.1. The molecule has 0 atom stereocenters. The molecule has 0 aliphatic rings. The van der Waals surface area contributed by atoms with Crippen LogP contribution < -0.4 is 0 Å². The molecule has 0 spiro atoms. The number of rotatable bonds is 2. The average molecular weight is 246 g/mol. The number of hydrogen-bond donors (Lipinski definition) is 0. The van der Waals surface area contributed by atoms with Crippen molar-refractivity contribution in [3.05, 3.63) is 29.2 Å². The van der Waals surface area contributed by atoms with Crippen LogP contribution in [-0.2, 0) is 15.6 Å². The molecule has 0 radical (unpaired) electrons. The van der Waals surface area contributed by atoms with Crippen molar-refractivity contribution in [1.29, 1.82) is 0 Å². The molecule has 2 heterocycles. The van der Waals surface area contributed by atoms with Crippen LogP contribution in [0.4, 0.5) is 0 Å². The van der Waals surface area contributed by atoms with Gasteiger partial charge in [-0.3, -0.25) is 4.40 Å². The summed E-state index contributed by atoms with van der Waals surface area (Å²) < 4.78 is 23.8. The maximum Gasteiger partial charge on any atom is 0.162 e. The number of nitrogens with zero attached hydrogens (tertiary/aromatic N) is 3. The van der Waals surface area contributed by atoms with E-state index in [-0.39, 0.29) is 5.75 Å². The van der Waals surface area contributed by atoms with Crippen molar-refractivity contribution in [1.82, 2.24) is 14.6 Å². The van der Waals surface area contributed by atoms with Crippen molar-refractivity contribution < 1.29 is 8.42 Å². The van der Waals surface area contributed by atoms with E-state index in [0.29, 0.717) is 16.5 Å². The SMILES string of the molecule is CS(=O)(=O)Cc1nnc2cc(Cl)ccn12. The van der Waals surface area contributed by atoms with Crippen LogP contribution in [0.3, 0.4) is 0 Å². The summed E-state index contributed by atoms with van der Waals surface area (Å²) in [6, 6.07) is 3.28. The van der Waals surface area contributed by atoms with E-state index in [4.69, 9.17) is 11.6 Å². The van der Waals surface area contributed by atoms with Crippen molar-refractivity contribution >= 4 is 27.1 Å². The van der Waals surface area contributed by atoms with Gasteiger partial charge >= 0.3 is 0 Å². The molecule has 0 fully saturated rings. The quantitative estimate of drug-likeness (QED) is 0.790. The molecular formula is C8H8ClN3O2S. The van der Waals surface area contributed by atoms with Gasteiger partial charge in [0.25, 0.3) is 0 Å². The van der Waals surface area contributed by atoms with Gasteiger partial charge in [-0.1, -0.05) is 11.6 Å². The molecule has 2 rings (SSSR count). The highest BCUT2D eigenvalue weighted by Gasteiger charge is 2.11. The fraction of sp³-hybridized carbons (Fsp3) is 0.250. The lowest BCUT2D eigenvalue weighted by Gasteiger charge is -1.97. The first-order valence-corrected chi connectivity index (χ1v) is 6.56. The van der Waals surface area contributed by atoms with E-state index in [2.05, 4.69) is 10.2 Å². The van der Waals surface area contributed by atoms with E-state index in [1.165, 1.54) is 0 Å². The van der Waals surface area contributed by atoms with Crippen molar-refractivity contribution in [3.63, 3.8) is 0 Å². The van der Waals surface area contributed by atoms with Crippen molar-refractivity contribution in [2.45, 2.75) is 5.75 Å². The summed E-state index contributed by atoms with van der Waals surface area (Å²) in [5.74, 6) is 0.264. The Labute approximate surface area is 91.6 Å². The zero-order valence-electron chi connectivity index (χ0n) is 7.88. The van der Waals surface area contributed by atoms with Crippen molar-refractivity contribution in [2.24, 2.45) is 0 Å². The molecule has 0 aliphatic carbocycles. The second kappa shape index (κ2) is 3.46. The number of aromatic nitrogens is 3.